The summed E-state index contributed by atoms with van der Waals surface area (Å²) in [5.41, 5.74) is 1.05. The topological polar surface area (TPSA) is 12.0 Å². The third-order valence-electron chi connectivity index (χ3n) is 3.24. The van der Waals surface area contributed by atoms with Crippen LogP contribution in [0.4, 0.5) is 8.78 Å². The zero-order chi connectivity index (χ0) is 12.3. The van der Waals surface area contributed by atoms with E-state index < -0.39 is 6.43 Å². The summed E-state index contributed by atoms with van der Waals surface area (Å²) in [5.74, 6) is 0.893. The van der Waals surface area contributed by atoms with Gasteiger partial charge in [-0.25, -0.2) is 8.78 Å². The van der Waals surface area contributed by atoms with Crippen LogP contribution in [0.15, 0.2) is 24.3 Å². The van der Waals surface area contributed by atoms with E-state index in [1.54, 1.807) is 12.1 Å². The molecule has 1 fully saturated rings. The summed E-state index contributed by atoms with van der Waals surface area (Å²) < 4.78 is 25.0. The summed E-state index contributed by atoms with van der Waals surface area (Å²) in [5, 5.41) is 3.39. The Labute approximate surface area is 101 Å². The summed E-state index contributed by atoms with van der Waals surface area (Å²) in [6, 6.07) is 7.12. The van der Waals surface area contributed by atoms with E-state index in [0.29, 0.717) is 12.6 Å². The summed E-state index contributed by atoms with van der Waals surface area (Å²) in [7, 11) is 0. The first-order valence-corrected chi connectivity index (χ1v) is 6.25. The Balaban J connectivity index is 1.82. The van der Waals surface area contributed by atoms with Gasteiger partial charge in [0, 0.05) is 18.2 Å². The highest BCUT2D eigenvalue weighted by Gasteiger charge is 2.23. The van der Waals surface area contributed by atoms with E-state index in [9.17, 15) is 8.78 Å². The molecule has 17 heavy (non-hydrogen) atoms. The number of rotatable bonds is 6. The molecule has 3 heteroatoms. The minimum Gasteiger partial charge on any atom is -0.310 e. The molecule has 0 heterocycles. The Kier molecular flexibility index (Phi) is 4.11. The normalized spacial score (nSPS) is 17.4. The third kappa shape index (κ3) is 4.08. The predicted molar refractivity (Wildman–Crippen MR) is 65.0 cm³/mol. The third-order valence-corrected chi connectivity index (χ3v) is 3.24. The van der Waals surface area contributed by atoms with E-state index in [4.69, 9.17) is 0 Å². The van der Waals surface area contributed by atoms with Crippen LogP contribution in [0.3, 0.4) is 0 Å². The lowest BCUT2D eigenvalue weighted by Gasteiger charge is -2.13. The van der Waals surface area contributed by atoms with E-state index in [1.807, 2.05) is 6.07 Å². The van der Waals surface area contributed by atoms with Crippen molar-refractivity contribution < 1.29 is 8.78 Å². The van der Waals surface area contributed by atoms with Gasteiger partial charge in [0.15, 0.2) is 0 Å². The van der Waals surface area contributed by atoms with Crippen molar-refractivity contribution >= 4 is 0 Å². The molecule has 0 radical (unpaired) electrons. The van der Waals surface area contributed by atoms with Crippen molar-refractivity contribution in [3.63, 3.8) is 0 Å². The summed E-state index contributed by atoms with van der Waals surface area (Å²) >= 11 is 0. The summed E-state index contributed by atoms with van der Waals surface area (Å²) in [4.78, 5) is 0. The number of hydrogen-bond donors (Lipinski definition) is 1. The Morgan fingerprint density at radius 2 is 2.12 bits per heavy atom. The second kappa shape index (κ2) is 5.58. The summed E-state index contributed by atoms with van der Waals surface area (Å²) in [6.07, 6.45) is 1.53. The number of nitrogens with one attached hydrogen (secondary N) is 1. The number of halogens is 2. The predicted octanol–water partition coefficient (Wildman–Crippen LogP) is 3.90. The largest absolute Gasteiger partial charge is 0.310 e. The molecule has 1 saturated carbocycles. The Bertz CT molecular complexity index is 361. The van der Waals surface area contributed by atoms with Gasteiger partial charge in [0.2, 0.25) is 0 Å². The molecule has 94 valence electrons. The number of hydrogen-bond acceptors (Lipinski definition) is 1. The Morgan fingerprint density at radius 1 is 1.35 bits per heavy atom. The van der Waals surface area contributed by atoms with Crippen molar-refractivity contribution in [3.8, 4) is 0 Å². The van der Waals surface area contributed by atoms with Gasteiger partial charge in [-0.1, -0.05) is 31.0 Å². The van der Waals surface area contributed by atoms with Gasteiger partial charge in [-0.2, -0.15) is 0 Å². The molecule has 0 bridgehead atoms. The Morgan fingerprint density at radius 3 is 2.76 bits per heavy atom. The van der Waals surface area contributed by atoms with Crippen molar-refractivity contribution in [1.29, 1.82) is 0 Å². The lowest BCUT2D eigenvalue weighted by atomic mass is 10.1. The van der Waals surface area contributed by atoms with Crippen molar-refractivity contribution in [2.75, 3.05) is 0 Å². The van der Waals surface area contributed by atoms with E-state index in [2.05, 4.69) is 12.2 Å². The maximum absolute atomic E-state index is 12.5. The average Bonchev–Trinajstić information content (AvgIpc) is 3.11. The molecule has 0 spiro atoms. The minimum atomic E-state index is -2.38. The van der Waals surface area contributed by atoms with Crippen LogP contribution >= 0.6 is 0 Å². The molecule has 1 aromatic rings. The lowest BCUT2D eigenvalue weighted by Crippen LogP contribution is -2.25. The van der Waals surface area contributed by atoms with Crippen molar-refractivity contribution in [3.05, 3.63) is 35.4 Å². The van der Waals surface area contributed by atoms with E-state index >= 15 is 0 Å². The molecular formula is C14H19F2N. The molecule has 1 N–H and O–H groups in total. The van der Waals surface area contributed by atoms with E-state index in [1.165, 1.54) is 25.3 Å². The molecule has 1 nitrogen and oxygen atoms in total. The second-order valence-electron chi connectivity index (χ2n) is 5.01. The van der Waals surface area contributed by atoms with Crippen LogP contribution in [0.2, 0.25) is 0 Å². The highest BCUT2D eigenvalue weighted by molar-refractivity contribution is 5.24. The molecule has 0 saturated heterocycles. The molecule has 1 aliphatic rings. The molecule has 1 aromatic carbocycles. The number of benzene rings is 1. The van der Waals surface area contributed by atoms with Crippen LogP contribution in [-0.2, 0) is 6.54 Å². The molecule has 1 atom stereocenters. The number of alkyl halides is 2. The van der Waals surface area contributed by atoms with Gasteiger partial charge in [-0.3, -0.25) is 0 Å². The van der Waals surface area contributed by atoms with Crippen LogP contribution in [0.1, 0.15) is 43.7 Å². The van der Waals surface area contributed by atoms with Gasteiger partial charge in [0.1, 0.15) is 0 Å². The van der Waals surface area contributed by atoms with Crippen molar-refractivity contribution in [2.45, 2.75) is 45.2 Å². The van der Waals surface area contributed by atoms with Crippen LogP contribution in [-0.4, -0.2) is 6.04 Å². The molecule has 0 aromatic heterocycles. The van der Waals surface area contributed by atoms with Crippen molar-refractivity contribution in [1.82, 2.24) is 5.32 Å². The monoisotopic (exact) mass is 239 g/mol. The Hall–Kier alpha value is -0.960. The SMILES string of the molecule is CC(CC1CC1)NCc1cccc(C(F)F)c1. The van der Waals surface area contributed by atoms with Gasteiger partial charge in [0.05, 0.1) is 0 Å². The fraction of sp³-hybridized carbons (Fsp3) is 0.571. The highest BCUT2D eigenvalue weighted by Crippen LogP contribution is 2.33. The standard InChI is InChI=1S/C14H19F2N/c1-10(7-11-5-6-11)17-9-12-3-2-4-13(8-12)14(15)16/h2-4,8,10-11,14,17H,5-7,9H2,1H3. The van der Waals surface area contributed by atoms with Gasteiger partial charge in [-0.05, 0) is 30.9 Å². The quantitative estimate of drug-likeness (QED) is 0.793. The molecule has 2 rings (SSSR count). The van der Waals surface area contributed by atoms with E-state index in [-0.39, 0.29) is 5.56 Å². The molecule has 0 aliphatic heterocycles. The van der Waals surface area contributed by atoms with E-state index in [0.717, 1.165) is 11.5 Å². The molecule has 1 aliphatic carbocycles. The first-order chi connectivity index (χ1) is 8.15. The maximum atomic E-state index is 12.5. The van der Waals surface area contributed by atoms with Gasteiger partial charge in [-0.15, -0.1) is 0 Å². The molecule has 0 amide bonds. The summed E-state index contributed by atoms with van der Waals surface area (Å²) in [6.45, 7) is 2.84. The minimum absolute atomic E-state index is 0.110. The van der Waals surface area contributed by atoms with Gasteiger partial charge in [0.25, 0.3) is 6.43 Å². The van der Waals surface area contributed by atoms with Gasteiger partial charge < -0.3 is 5.32 Å². The van der Waals surface area contributed by atoms with Crippen molar-refractivity contribution in [2.24, 2.45) is 5.92 Å². The van der Waals surface area contributed by atoms with Gasteiger partial charge >= 0.3 is 0 Å². The van der Waals surface area contributed by atoms with Crippen LogP contribution < -0.4 is 5.32 Å². The zero-order valence-electron chi connectivity index (χ0n) is 10.1. The van der Waals surface area contributed by atoms with Crippen LogP contribution in [0.5, 0.6) is 0 Å². The molecule has 1 unspecified atom stereocenters. The maximum Gasteiger partial charge on any atom is 0.263 e. The second-order valence-corrected chi connectivity index (χ2v) is 5.01. The first kappa shape index (κ1) is 12.5. The molecular weight excluding hydrogens is 220 g/mol. The smallest absolute Gasteiger partial charge is 0.263 e. The fourth-order valence-corrected chi connectivity index (χ4v) is 2.07. The average molecular weight is 239 g/mol. The highest BCUT2D eigenvalue weighted by atomic mass is 19.3. The van der Waals surface area contributed by atoms with Crippen LogP contribution in [0, 0.1) is 5.92 Å². The van der Waals surface area contributed by atoms with Crippen LogP contribution in [0.25, 0.3) is 0 Å². The zero-order valence-corrected chi connectivity index (χ0v) is 10.1. The fourth-order valence-electron chi connectivity index (χ4n) is 2.07. The lowest BCUT2D eigenvalue weighted by molar-refractivity contribution is 0.151. The first-order valence-electron chi connectivity index (χ1n) is 6.25.